The van der Waals surface area contributed by atoms with Gasteiger partial charge in [0, 0.05) is 0 Å². The van der Waals surface area contributed by atoms with E-state index < -0.39 is 33.6 Å². The molecule has 6 nitrogen and oxygen atoms in total. The zero-order valence-corrected chi connectivity index (χ0v) is 21.9. The Kier molecular flexibility index (Phi) is 9.66. The Labute approximate surface area is 219 Å². The highest BCUT2D eigenvalue weighted by atomic mass is 32.2. The number of ether oxygens (including phenoxy) is 4. The molecule has 1 unspecified atom stereocenters. The van der Waals surface area contributed by atoms with Gasteiger partial charge in [0.1, 0.15) is 18.3 Å². The lowest BCUT2D eigenvalue weighted by atomic mass is 10.0. The standard InChI is InChI=1S/C30H34O6S/c1-23(2)22-37(31,32)30-29(35-20-26-16-10-5-11-17-26)28(34-19-25-14-8-4-9-15-25)27(21-36-30)33-18-24-12-6-3-7-13-24/h3-17,27-30H,1,18-22H2,2H3/t27-,28+,29-,30?/m1/s1. The largest absolute Gasteiger partial charge is 0.368 e. The molecule has 0 aliphatic carbocycles. The first-order valence-electron chi connectivity index (χ1n) is 12.4. The van der Waals surface area contributed by atoms with Crippen molar-refractivity contribution in [2.45, 2.75) is 50.5 Å². The van der Waals surface area contributed by atoms with Gasteiger partial charge in [0.15, 0.2) is 15.3 Å². The van der Waals surface area contributed by atoms with Gasteiger partial charge in [-0.25, -0.2) is 8.42 Å². The second kappa shape index (κ2) is 13.1. The summed E-state index contributed by atoms with van der Waals surface area (Å²) in [6.07, 6.45) is -2.10. The van der Waals surface area contributed by atoms with E-state index in [1.54, 1.807) is 6.92 Å². The zero-order chi connectivity index (χ0) is 26.1. The van der Waals surface area contributed by atoms with Crippen molar-refractivity contribution in [2.75, 3.05) is 12.4 Å². The molecule has 1 fully saturated rings. The van der Waals surface area contributed by atoms with Gasteiger partial charge in [-0.3, -0.25) is 0 Å². The fourth-order valence-electron chi connectivity index (χ4n) is 4.31. The van der Waals surface area contributed by atoms with Crippen molar-refractivity contribution in [3.8, 4) is 0 Å². The minimum atomic E-state index is -3.72. The molecule has 1 heterocycles. The van der Waals surface area contributed by atoms with Crippen LogP contribution in [0.25, 0.3) is 0 Å². The summed E-state index contributed by atoms with van der Waals surface area (Å²) >= 11 is 0. The fourth-order valence-corrected chi connectivity index (χ4v) is 6.09. The van der Waals surface area contributed by atoms with Crippen LogP contribution in [0.5, 0.6) is 0 Å². The van der Waals surface area contributed by atoms with E-state index in [-0.39, 0.29) is 25.6 Å². The second-order valence-corrected chi connectivity index (χ2v) is 11.4. The number of benzene rings is 3. The molecule has 4 rings (SSSR count). The van der Waals surface area contributed by atoms with Gasteiger partial charge in [-0.1, -0.05) is 103 Å². The van der Waals surface area contributed by atoms with Crippen LogP contribution in [-0.2, 0) is 48.6 Å². The number of hydrogen-bond acceptors (Lipinski definition) is 6. The molecule has 4 atom stereocenters. The number of hydrogen-bond donors (Lipinski definition) is 0. The Morgan fingerprint density at radius 1 is 0.757 bits per heavy atom. The highest BCUT2D eigenvalue weighted by Gasteiger charge is 2.48. The Bertz CT molecular complexity index is 1210. The lowest BCUT2D eigenvalue weighted by Crippen LogP contribution is -2.58. The van der Waals surface area contributed by atoms with Crippen molar-refractivity contribution >= 4 is 9.84 Å². The van der Waals surface area contributed by atoms with Crippen molar-refractivity contribution in [1.29, 1.82) is 0 Å². The Hall–Kier alpha value is -2.81. The molecule has 0 saturated carbocycles. The molecule has 0 N–H and O–H groups in total. The van der Waals surface area contributed by atoms with Crippen molar-refractivity contribution in [3.05, 3.63) is 120 Å². The van der Waals surface area contributed by atoms with Crippen LogP contribution < -0.4 is 0 Å². The molecule has 0 amide bonds. The third-order valence-electron chi connectivity index (χ3n) is 6.06. The summed E-state index contributed by atoms with van der Waals surface area (Å²) in [5, 5.41) is 0. The first kappa shape index (κ1) is 27.2. The quantitative estimate of drug-likeness (QED) is 0.309. The predicted octanol–water partition coefficient (Wildman–Crippen LogP) is 5.09. The minimum Gasteiger partial charge on any atom is -0.368 e. The molecular formula is C30H34O6S. The van der Waals surface area contributed by atoms with E-state index in [2.05, 4.69) is 6.58 Å². The van der Waals surface area contributed by atoms with E-state index >= 15 is 0 Å². The van der Waals surface area contributed by atoms with E-state index in [4.69, 9.17) is 18.9 Å². The van der Waals surface area contributed by atoms with E-state index in [0.29, 0.717) is 12.2 Å². The summed E-state index contributed by atoms with van der Waals surface area (Å²) < 4.78 is 51.6. The van der Waals surface area contributed by atoms with Crippen molar-refractivity contribution in [3.63, 3.8) is 0 Å². The molecule has 3 aromatic rings. The number of rotatable bonds is 12. The smallest absolute Gasteiger partial charge is 0.187 e. The number of sulfone groups is 1. The molecule has 0 aromatic heterocycles. The summed E-state index contributed by atoms with van der Waals surface area (Å²) in [6, 6.07) is 29.2. The van der Waals surface area contributed by atoms with E-state index in [9.17, 15) is 8.42 Å². The van der Waals surface area contributed by atoms with E-state index in [0.717, 1.165) is 16.7 Å². The Balaban J connectivity index is 1.61. The monoisotopic (exact) mass is 522 g/mol. The maximum Gasteiger partial charge on any atom is 0.187 e. The van der Waals surface area contributed by atoms with Gasteiger partial charge in [0.05, 0.1) is 32.2 Å². The zero-order valence-electron chi connectivity index (χ0n) is 21.1. The first-order valence-corrected chi connectivity index (χ1v) is 14.1. The lowest BCUT2D eigenvalue weighted by Gasteiger charge is -2.41. The molecule has 37 heavy (non-hydrogen) atoms. The Morgan fingerprint density at radius 3 is 1.65 bits per heavy atom. The summed E-state index contributed by atoms with van der Waals surface area (Å²) in [7, 11) is -3.72. The van der Waals surface area contributed by atoms with Crippen LogP contribution >= 0.6 is 0 Å². The summed E-state index contributed by atoms with van der Waals surface area (Å²) in [4.78, 5) is 0. The topological polar surface area (TPSA) is 71.1 Å². The third-order valence-corrected chi connectivity index (χ3v) is 8.07. The van der Waals surface area contributed by atoms with Gasteiger partial charge in [0.25, 0.3) is 0 Å². The van der Waals surface area contributed by atoms with Crippen LogP contribution in [0, 0.1) is 0 Å². The summed E-state index contributed by atoms with van der Waals surface area (Å²) in [5.74, 6) is -0.191. The average Bonchev–Trinajstić information content (AvgIpc) is 2.90. The molecule has 3 aromatic carbocycles. The maximum atomic E-state index is 13.4. The molecule has 0 bridgehead atoms. The summed E-state index contributed by atoms with van der Waals surface area (Å²) in [5.41, 5.74) is 2.23. The predicted molar refractivity (Wildman–Crippen MR) is 143 cm³/mol. The van der Waals surface area contributed by atoms with Crippen LogP contribution in [0.1, 0.15) is 23.6 Å². The molecular weight excluding hydrogens is 488 g/mol. The lowest BCUT2D eigenvalue weighted by molar-refractivity contribution is -0.221. The van der Waals surface area contributed by atoms with Gasteiger partial charge in [-0.15, -0.1) is 0 Å². The van der Waals surface area contributed by atoms with Gasteiger partial charge in [-0.2, -0.15) is 0 Å². The van der Waals surface area contributed by atoms with Gasteiger partial charge in [0.2, 0.25) is 0 Å². The molecule has 1 aliphatic rings. The fraction of sp³-hybridized carbons (Fsp3) is 0.333. The van der Waals surface area contributed by atoms with Gasteiger partial charge >= 0.3 is 0 Å². The van der Waals surface area contributed by atoms with E-state index in [1.807, 2.05) is 91.0 Å². The summed E-state index contributed by atoms with van der Waals surface area (Å²) in [6.45, 7) is 6.39. The second-order valence-electron chi connectivity index (χ2n) is 9.32. The third kappa shape index (κ3) is 7.84. The normalized spacial score (nSPS) is 22.0. The van der Waals surface area contributed by atoms with Crippen LogP contribution in [0.3, 0.4) is 0 Å². The van der Waals surface area contributed by atoms with Crippen molar-refractivity contribution in [2.24, 2.45) is 0 Å². The first-order chi connectivity index (χ1) is 17.9. The van der Waals surface area contributed by atoms with Crippen LogP contribution in [0.2, 0.25) is 0 Å². The maximum absolute atomic E-state index is 13.4. The average molecular weight is 523 g/mol. The molecule has 7 heteroatoms. The van der Waals surface area contributed by atoms with Gasteiger partial charge < -0.3 is 18.9 Å². The van der Waals surface area contributed by atoms with Gasteiger partial charge in [-0.05, 0) is 23.6 Å². The highest BCUT2D eigenvalue weighted by Crippen LogP contribution is 2.30. The molecule has 0 spiro atoms. The van der Waals surface area contributed by atoms with Crippen molar-refractivity contribution < 1.29 is 27.4 Å². The molecule has 1 aliphatic heterocycles. The van der Waals surface area contributed by atoms with Crippen molar-refractivity contribution in [1.82, 2.24) is 0 Å². The molecule has 196 valence electrons. The van der Waals surface area contributed by atoms with E-state index in [1.165, 1.54) is 0 Å². The molecule has 0 radical (unpaired) electrons. The minimum absolute atomic E-state index is 0.0670. The van der Waals surface area contributed by atoms with Crippen LogP contribution in [0.15, 0.2) is 103 Å². The molecule has 1 saturated heterocycles. The SMILES string of the molecule is C=C(C)CS(=O)(=O)C1OC[C@@H](OCc2ccccc2)[C@H](OCc2ccccc2)[C@H]1OCc1ccccc1. The Morgan fingerprint density at radius 2 is 1.19 bits per heavy atom. The highest BCUT2D eigenvalue weighted by molar-refractivity contribution is 7.92. The van der Waals surface area contributed by atoms with Crippen LogP contribution in [0.4, 0.5) is 0 Å². The van der Waals surface area contributed by atoms with Crippen LogP contribution in [-0.4, -0.2) is 44.5 Å².